The molecule has 0 atom stereocenters. The molecule has 0 unspecified atom stereocenters. The number of likely N-dealkylation sites (N-methyl/N-ethyl adjacent to an activating group) is 2. The lowest BCUT2D eigenvalue weighted by atomic mass is 9.98. The Balaban J connectivity index is 1.57. The van der Waals surface area contributed by atoms with Gasteiger partial charge in [0.15, 0.2) is 11.5 Å². The Morgan fingerprint density at radius 1 is 1.00 bits per heavy atom. The molecule has 0 aliphatic carbocycles. The van der Waals surface area contributed by atoms with E-state index in [0.29, 0.717) is 76.3 Å². The average molecular weight is 560 g/mol. The van der Waals surface area contributed by atoms with Crippen LogP contribution in [0.2, 0.25) is 0 Å². The van der Waals surface area contributed by atoms with Crippen LogP contribution in [-0.4, -0.2) is 86.7 Å². The van der Waals surface area contributed by atoms with E-state index in [2.05, 4.69) is 10.6 Å². The molecule has 11 nitrogen and oxygen atoms in total. The van der Waals surface area contributed by atoms with Crippen LogP contribution in [0.4, 0.5) is 11.4 Å². The van der Waals surface area contributed by atoms with Crippen molar-refractivity contribution in [2.45, 2.75) is 0 Å². The third kappa shape index (κ3) is 5.62. The van der Waals surface area contributed by atoms with Crippen LogP contribution in [-0.2, 0) is 16.6 Å². The first-order valence-electron chi connectivity index (χ1n) is 13.2. The quantitative estimate of drug-likeness (QED) is 0.320. The number of ether oxygens (including phenoxy) is 3. The molecule has 5 rings (SSSR count). The lowest BCUT2D eigenvalue weighted by Gasteiger charge is -2.20. The molecule has 2 aliphatic rings. The highest BCUT2D eigenvalue weighted by Gasteiger charge is 2.30. The highest BCUT2D eigenvalue weighted by atomic mass is 16.6. The summed E-state index contributed by atoms with van der Waals surface area (Å²) >= 11 is 0. The Morgan fingerprint density at radius 3 is 2.46 bits per heavy atom. The molecule has 214 valence electrons. The second-order valence-electron chi connectivity index (χ2n) is 10.2. The van der Waals surface area contributed by atoms with Gasteiger partial charge in [0.05, 0.1) is 35.3 Å². The van der Waals surface area contributed by atoms with Gasteiger partial charge in [0.25, 0.3) is 11.8 Å². The number of amides is 2. The monoisotopic (exact) mass is 559 g/mol. The first-order valence-corrected chi connectivity index (χ1v) is 13.2. The van der Waals surface area contributed by atoms with E-state index in [1.807, 2.05) is 31.1 Å². The first kappa shape index (κ1) is 27.8. The Morgan fingerprint density at radius 2 is 1.73 bits per heavy atom. The number of hydrogen-bond donors (Lipinski definition) is 2. The largest absolute Gasteiger partial charge is 0.486 e. The molecule has 0 spiro atoms. The summed E-state index contributed by atoms with van der Waals surface area (Å²) in [7, 11) is 8.81. The van der Waals surface area contributed by atoms with Crippen molar-refractivity contribution in [3.63, 3.8) is 0 Å². The molecule has 2 amide bonds. The Labute approximate surface area is 238 Å². The van der Waals surface area contributed by atoms with Crippen LogP contribution in [0.5, 0.6) is 11.5 Å². The summed E-state index contributed by atoms with van der Waals surface area (Å²) in [5.74, 6) is 0.239. The minimum absolute atomic E-state index is 0.116. The van der Waals surface area contributed by atoms with Crippen LogP contribution in [0.1, 0.15) is 32.0 Å². The summed E-state index contributed by atoms with van der Waals surface area (Å²) in [5.41, 5.74) is 4.14. The third-order valence-electron chi connectivity index (χ3n) is 6.99. The van der Waals surface area contributed by atoms with Crippen molar-refractivity contribution < 1.29 is 28.6 Å². The minimum Gasteiger partial charge on any atom is -0.486 e. The zero-order chi connectivity index (χ0) is 29.3. The van der Waals surface area contributed by atoms with Gasteiger partial charge in [0, 0.05) is 44.5 Å². The molecule has 11 heteroatoms. The SMILES string of the molecule is COC(=O)c1ccc2c(c1)NC(=O)/C2=C(\Nc1cc(C(=O)N(C)CCN(C)C)n(C)c1)c1ccc2c(c1)OCCO2. The topological polar surface area (TPSA) is 114 Å². The van der Waals surface area contributed by atoms with Crippen LogP contribution in [0.15, 0.2) is 48.7 Å². The number of rotatable bonds is 8. The van der Waals surface area contributed by atoms with E-state index in [1.54, 1.807) is 60.1 Å². The highest BCUT2D eigenvalue weighted by molar-refractivity contribution is 6.37. The number of aromatic nitrogens is 1. The Hall–Kier alpha value is -4.77. The number of esters is 1. The molecule has 0 saturated heterocycles. The number of nitrogens with zero attached hydrogens (tertiary/aromatic N) is 3. The summed E-state index contributed by atoms with van der Waals surface area (Å²) in [4.78, 5) is 42.4. The summed E-state index contributed by atoms with van der Waals surface area (Å²) in [5, 5.41) is 6.27. The van der Waals surface area contributed by atoms with Gasteiger partial charge in [-0.15, -0.1) is 0 Å². The molecule has 2 N–H and O–H groups in total. The molecule has 0 fully saturated rings. The van der Waals surface area contributed by atoms with Gasteiger partial charge in [0.1, 0.15) is 18.9 Å². The van der Waals surface area contributed by atoms with Crippen LogP contribution in [0.3, 0.4) is 0 Å². The predicted molar refractivity (Wildman–Crippen MR) is 155 cm³/mol. The fourth-order valence-corrected chi connectivity index (χ4v) is 4.78. The molecule has 0 bridgehead atoms. The van der Waals surface area contributed by atoms with E-state index in [1.165, 1.54) is 7.11 Å². The van der Waals surface area contributed by atoms with Crippen LogP contribution < -0.4 is 20.1 Å². The molecule has 1 aromatic heterocycles. The molecular weight excluding hydrogens is 526 g/mol. The number of methoxy groups -OCH3 is 1. The van der Waals surface area contributed by atoms with E-state index >= 15 is 0 Å². The maximum Gasteiger partial charge on any atom is 0.337 e. The smallest absolute Gasteiger partial charge is 0.337 e. The zero-order valence-corrected chi connectivity index (χ0v) is 23.7. The maximum atomic E-state index is 13.4. The normalized spacial score (nSPS) is 14.8. The molecule has 2 aliphatic heterocycles. The van der Waals surface area contributed by atoms with Gasteiger partial charge in [0.2, 0.25) is 0 Å². The van der Waals surface area contributed by atoms with Gasteiger partial charge in [-0.3, -0.25) is 9.59 Å². The van der Waals surface area contributed by atoms with E-state index < -0.39 is 5.97 Å². The summed E-state index contributed by atoms with van der Waals surface area (Å²) in [6.45, 7) is 2.20. The molecule has 0 saturated carbocycles. The summed E-state index contributed by atoms with van der Waals surface area (Å²) in [6.07, 6.45) is 1.81. The van der Waals surface area contributed by atoms with E-state index in [9.17, 15) is 14.4 Å². The number of carbonyl (C=O) groups excluding carboxylic acids is 3. The standard InChI is InChI=1S/C30H33N5O6/c1-33(2)10-11-34(3)29(37)23-16-20(17-35(23)4)31-27(18-7-9-24-25(15-18)41-13-12-40-24)26-21-8-6-19(30(38)39-5)14-22(21)32-28(26)36/h6-9,14-17,31H,10-13H2,1-5H3,(H,32,36)/b27-26-. The number of benzene rings is 2. The lowest BCUT2D eigenvalue weighted by molar-refractivity contribution is -0.110. The van der Waals surface area contributed by atoms with E-state index in [4.69, 9.17) is 14.2 Å². The number of aryl methyl sites for hydroxylation is 1. The fourth-order valence-electron chi connectivity index (χ4n) is 4.78. The van der Waals surface area contributed by atoms with Crippen LogP contribution >= 0.6 is 0 Å². The van der Waals surface area contributed by atoms with Crippen molar-refractivity contribution in [1.82, 2.24) is 14.4 Å². The highest BCUT2D eigenvalue weighted by Crippen LogP contribution is 2.40. The molecule has 41 heavy (non-hydrogen) atoms. The van der Waals surface area contributed by atoms with Gasteiger partial charge < -0.3 is 39.2 Å². The van der Waals surface area contributed by atoms with Crippen molar-refractivity contribution in [2.24, 2.45) is 7.05 Å². The number of fused-ring (bicyclic) bond motifs is 2. The second-order valence-corrected chi connectivity index (χ2v) is 10.2. The fraction of sp³-hybridized carbons (Fsp3) is 0.300. The maximum absolute atomic E-state index is 13.4. The van der Waals surface area contributed by atoms with Gasteiger partial charge in [-0.05, 0) is 50.5 Å². The average Bonchev–Trinajstić information content (AvgIpc) is 3.50. The second kappa shape index (κ2) is 11.4. The van der Waals surface area contributed by atoms with Crippen LogP contribution in [0.25, 0.3) is 11.3 Å². The van der Waals surface area contributed by atoms with Crippen LogP contribution in [0, 0.1) is 0 Å². The zero-order valence-electron chi connectivity index (χ0n) is 23.7. The number of nitrogens with one attached hydrogen (secondary N) is 2. The summed E-state index contributed by atoms with van der Waals surface area (Å²) < 4.78 is 18.1. The van der Waals surface area contributed by atoms with E-state index in [0.717, 1.165) is 6.54 Å². The van der Waals surface area contributed by atoms with Gasteiger partial charge in [-0.1, -0.05) is 6.07 Å². The number of anilines is 2. The number of carbonyl (C=O) groups is 3. The molecule has 3 aromatic rings. The molecular formula is C30H33N5O6. The Bertz CT molecular complexity index is 1560. The lowest BCUT2D eigenvalue weighted by Crippen LogP contribution is -2.34. The molecule has 0 radical (unpaired) electrons. The van der Waals surface area contributed by atoms with Crippen molar-refractivity contribution in [2.75, 3.05) is 65.2 Å². The molecule has 2 aromatic carbocycles. The van der Waals surface area contributed by atoms with Gasteiger partial charge in [-0.25, -0.2) is 4.79 Å². The Kier molecular flexibility index (Phi) is 7.71. The predicted octanol–water partition coefficient (Wildman–Crippen LogP) is 3.15. The van der Waals surface area contributed by atoms with Crippen molar-refractivity contribution in [3.05, 3.63) is 71.0 Å². The third-order valence-corrected chi connectivity index (χ3v) is 6.99. The van der Waals surface area contributed by atoms with Crippen molar-refractivity contribution in [1.29, 1.82) is 0 Å². The molecule has 3 heterocycles. The minimum atomic E-state index is -0.498. The van der Waals surface area contributed by atoms with Gasteiger partial charge >= 0.3 is 5.97 Å². The summed E-state index contributed by atoms with van der Waals surface area (Å²) in [6, 6.07) is 12.2. The van der Waals surface area contributed by atoms with Crippen molar-refractivity contribution >= 4 is 40.4 Å². The van der Waals surface area contributed by atoms with Crippen molar-refractivity contribution in [3.8, 4) is 11.5 Å². The van der Waals surface area contributed by atoms with E-state index in [-0.39, 0.29) is 11.8 Å². The number of hydrogen-bond acceptors (Lipinski definition) is 8. The van der Waals surface area contributed by atoms with Gasteiger partial charge in [-0.2, -0.15) is 0 Å². The first-order chi connectivity index (χ1) is 19.7.